The predicted molar refractivity (Wildman–Crippen MR) is 130 cm³/mol. The molecule has 2 N–H and O–H groups in total. The van der Waals surface area contributed by atoms with E-state index in [1.165, 1.54) is 0 Å². The van der Waals surface area contributed by atoms with Gasteiger partial charge in [-0.1, -0.05) is 67.6 Å². The van der Waals surface area contributed by atoms with E-state index in [1.54, 1.807) is 25.1 Å². The third-order valence-corrected chi connectivity index (χ3v) is 7.29. The summed E-state index contributed by atoms with van der Waals surface area (Å²) in [6.45, 7) is 2.16. The number of nitrogens with one attached hydrogen (secondary N) is 2. The Morgan fingerprint density at radius 2 is 1.84 bits per heavy atom. The van der Waals surface area contributed by atoms with Gasteiger partial charge in [-0.05, 0) is 41.8 Å². The Morgan fingerprint density at radius 1 is 1.09 bits per heavy atom. The Kier molecular flexibility index (Phi) is 6.53. The second-order valence-corrected chi connectivity index (χ2v) is 9.84. The van der Waals surface area contributed by atoms with Gasteiger partial charge in [-0.25, -0.2) is 0 Å². The quantitative estimate of drug-likeness (QED) is 0.581. The number of likely N-dealkylation sites (N-methyl/N-ethyl adjacent to an activating group) is 1. The first-order valence-electron chi connectivity index (χ1n) is 11.1. The molecule has 1 saturated heterocycles. The highest BCUT2D eigenvalue weighted by Crippen LogP contribution is 2.56. The summed E-state index contributed by atoms with van der Waals surface area (Å²) in [5, 5.41) is 7.81. The van der Waals surface area contributed by atoms with Gasteiger partial charge < -0.3 is 15.5 Å². The molecule has 0 aromatic heterocycles. The molecule has 0 saturated carbocycles. The lowest BCUT2D eigenvalue weighted by Crippen LogP contribution is -2.48. The largest absolute Gasteiger partial charge is 0.347 e. The van der Waals surface area contributed by atoms with Crippen molar-refractivity contribution in [2.45, 2.75) is 56.0 Å². The molecule has 2 aliphatic heterocycles. The second-order valence-electron chi connectivity index (χ2n) is 8.97. The number of amides is 2. The second kappa shape index (κ2) is 9.05. The SMILES string of the molecule is CCCCCC1NC(C(=O)N(C)C)C(c2cccc(Cl)c2)C12C(=O)Nc1cc(Cl)ccc12. The highest BCUT2D eigenvalue weighted by molar-refractivity contribution is 6.31. The first-order valence-corrected chi connectivity index (χ1v) is 11.9. The first-order chi connectivity index (χ1) is 15.3. The number of anilines is 1. The van der Waals surface area contributed by atoms with Gasteiger partial charge in [0.25, 0.3) is 0 Å². The molecule has 1 spiro atoms. The summed E-state index contributed by atoms with van der Waals surface area (Å²) in [6.07, 6.45) is 3.90. The van der Waals surface area contributed by atoms with E-state index >= 15 is 0 Å². The van der Waals surface area contributed by atoms with E-state index in [0.717, 1.165) is 42.5 Å². The van der Waals surface area contributed by atoms with E-state index in [-0.39, 0.29) is 17.9 Å². The molecule has 170 valence electrons. The maximum absolute atomic E-state index is 13.9. The average Bonchev–Trinajstić information content (AvgIpc) is 3.23. The number of rotatable bonds is 6. The van der Waals surface area contributed by atoms with Crippen molar-refractivity contribution >= 4 is 40.7 Å². The highest BCUT2D eigenvalue weighted by atomic mass is 35.5. The number of fused-ring (bicyclic) bond motifs is 2. The van der Waals surface area contributed by atoms with Crippen LogP contribution < -0.4 is 10.6 Å². The van der Waals surface area contributed by atoms with Crippen molar-refractivity contribution < 1.29 is 9.59 Å². The number of hydrogen-bond acceptors (Lipinski definition) is 3. The summed E-state index contributed by atoms with van der Waals surface area (Å²) in [5.74, 6) is -0.560. The van der Waals surface area contributed by atoms with Crippen molar-refractivity contribution in [2.24, 2.45) is 0 Å². The molecule has 0 radical (unpaired) electrons. The summed E-state index contributed by atoms with van der Waals surface area (Å²) in [7, 11) is 3.50. The molecule has 2 heterocycles. The summed E-state index contributed by atoms with van der Waals surface area (Å²) in [4.78, 5) is 28.8. The third kappa shape index (κ3) is 3.70. The van der Waals surface area contributed by atoms with Crippen LogP contribution in [0.15, 0.2) is 42.5 Å². The van der Waals surface area contributed by atoms with Crippen LogP contribution in [0, 0.1) is 0 Å². The van der Waals surface area contributed by atoms with Crippen LogP contribution in [0.5, 0.6) is 0 Å². The minimum atomic E-state index is -0.936. The molecule has 5 nitrogen and oxygen atoms in total. The Bertz CT molecular complexity index is 1040. The molecule has 7 heteroatoms. The van der Waals surface area contributed by atoms with Gasteiger partial charge >= 0.3 is 0 Å². The van der Waals surface area contributed by atoms with Gasteiger partial charge in [-0.2, -0.15) is 0 Å². The zero-order valence-corrected chi connectivity index (χ0v) is 20.1. The average molecular weight is 474 g/mol. The summed E-state index contributed by atoms with van der Waals surface area (Å²) < 4.78 is 0. The molecule has 0 aliphatic carbocycles. The van der Waals surface area contributed by atoms with Gasteiger partial charge in [-0.15, -0.1) is 0 Å². The molecular formula is C25H29Cl2N3O2. The summed E-state index contributed by atoms with van der Waals surface area (Å²) in [5.41, 5.74) is 1.55. The van der Waals surface area contributed by atoms with Crippen molar-refractivity contribution in [3.05, 3.63) is 63.6 Å². The minimum Gasteiger partial charge on any atom is -0.347 e. The van der Waals surface area contributed by atoms with Crippen molar-refractivity contribution in [3.63, 3.8) is 0 Å². The van der Waals surface area contributed by atoms with Gasteiger partial charge in [0, 0.05) is 41.8 Å². The molecule has 4 atom stereocenters. The van der Waals surface area contributed by atoms with E-state index in [9.17, 15) is 9.59 Å². The van der Waals surface area contributed by atoms with Crippen LogP contribution in [0.25, 0.3) is 0 Å². The van der Waals surface area contributed by atoms with E-state index in [4.69, 9.17) is 23.2 Å². The molecule has 2 aromatic carbocycles. The monoisotopic (exact) mass is 473 g/mol. The number of hydrogen-bond donors (Lipinski definition) is 2. The number of nitrogens with zero attached hydrogens (tertiary/aromatic N) is 1. The lowest BCUT2D eigenvalue weighted by molar-refractivity contribution is -0.131. The smallest absolute Gasteiger partial charge is 0.239 e. The van der Waals surface area contributed by atoms with Gasteiger partial charge in [0.1, 0.15) is 5.41 Å². The highest BCUT2D eigenvalue weighted by Gasteiger charge is 2.65. The topological polar surface area (TPSA) is 61.4 Å². The number of unbranched alkanes of at least 4 members (excludes halogenated alkanes) is 2. The molecule has 32 heavy (non-hydrogen) atoms. The van der Waals surface area contributed by atoms with Crippen LogP contribution in [0.4, 0.5) is 5.69 Å². The predicted octanol–water partition coefficient (Wildman–Crippen LogP) is 4.98. The van der Waals surface area contributed by atoms with Gasteiger partial charge in [-0.3, -0.25) is 9.59 Å². The van der Waals surface area contributed by atoms with E-state index in [0.29, 0.717) is 10.0 Å². The standard InChI is InChI=1S/C25H29Cl2N3O2/c1-4-5-6-10-20-25(18-12-11-17(27)14-19(18)28-24(25)32)21(15-8-7-9-16(26)13-15)22(29-20)23(31)30(2)3/h7-9,11-14,20-22,29H,4-6,10H2,1-3H3,(H,28,32). The van der Waals surface area contributed by atoms with Crippen LogP contribution in [0.1, 0.15) is 49.7 Å². The summed E-state index contributed by atoms with van der Waals surface area (Å²) >= 11 is 12.6. The number of benzene rings is 2. The maximum atomic E-state index is 13.9. The molecule has 2 aromatic rings. The van der Waals surface area contributed by atoms with Crippen LogP contribution in [0.3, 0.4) is 0 Å². The number of carbonyl (C=O) groups excluding carboxylic acids is 2. The normalized spacial score (nSPS) is 26.3. The summed E-state index contributed by atoms with van der Waals surface area (Å²) in [6, 6.07) is 12.3. The number of halogens is 2. The molecular weight excluding hydrogens is 445 g/mol. The fraction of sp³-hybridized carbons (Fsp3) is 0.440. The third-order valence-electron chi connectivity index (χ3n) is 6.82. The maximum Gasteiger partial charge on any atom is 0.239 e. The van der Waals surface area contributed by atoms with Crippen LogP contribution >= 0.6 is 23.2 Å². The van der Waals surface area contributed by atoms with Crippen LogP contribution in [-0.4, -0.2) is 42.9 Å². The lowest BCUT2D eigenvalue weighted by atomic mass is 9.64. The van der Waals surface area contributed by atoms with E-state index < -0.39 is 17.4 Å². The molecule has 2 amide bonds. The van der Waals surface area contributed by atoms with Crippen LogP contribution in [-0.2, 0) is 15.0 Å². The van der Waals surface area contributed by atoms with E-state index in [1.807, 2.05) is 36.4 Å². The molecule has 0 bridgehead atoms. The first kappa shape index (κ1) is 23.1. The Labute approximate surface area is 199 Å². The van der Waals surface area contributed by atoms with Gasteiger partial charge in [0.2, 0.25) is 11.8 Å². The zero-order chi connectivity index (χ0) is 23.0. The Morgan fingerprint density at radius 3 is 2.53 bits per heavy atom. The van der Waals surface area contributed by atoms with Crippen molar-refractivity contribution in [1.82, 2.24) is 10.2 Å². The van der Waals surface area contributed by atoms with Crippen molar-refractivity contribution in [2.75, 3.05) is 19.4 Å². The fourth-order valence-corrected chi connectivity index (χ4v) is 5.84. The fourth-order valence-electron chi connectivity index (χ4n) is 5.46. The van der Waals surface area contributed by atoms with Crippen molar-refractivity contribution in [3.8, 4) is 0 Å². The van der Waals surface area contributed by atoms with Gasteiger partial charge in [0.15, 0.2) is 0 Å². The molecule has 4 unspecified atom stereocenters. The van der Waals surface area contributed by atoms with Gasteiger partial charge in [0.05, 0.1) is 6.04 Å². The Hall–Kier alpha value is -2.08. The van der Waals surface area contributed by atoms with Crippen LogP contribution in [0.2, 0.25) is 10.0 Å². The Balaban J connectivity index is 1.94. The zero-order valence-electron chi connectivity index (χ0n) is 18.6. The molecule has 4 rings (SSSR count). The number of carbonyl (C=O) groups is 2. The van der Waals surface area contributed by atoms with Crippen molar-refractivity contribution in [1.29, 1.82) is 0 Å². The minimum absolute atomic E-state index is 0.0532. The lowest BCUT2D eigenvalue weighted by Gasteiger charge is -2.35. The van der Waals surface area contributed by atoms with E-state index in [2.05, 4.69) is 17.6 Å². The molecule has 2 aliphatic rings. The molecule has 1 fully saturated rings.